The van der Waals surface area contributed by atoms with Crippen LogP contribution in [-0.4, -0.2) is 59.1 Å². The lowest BCUT2D eigenvalue weighted by molar-refractivity contribution is -1.03. The molecule has 2 fully saturated rings. The van der Waals surface area contributed by atoms with Crippen LogP contribution in [0.4, 0.5) is 0 Å². The highest BCUT2D eigenvalue weighted by molar-refractivity contribution is 5.13. The Hall–Kier alpha value is -1.83. The minimum atomic E-state index is 0.261. The molecule has 0 amide bonds. The molecule has 28 heavy (non-hydrogen) atoms. The Morgan fingerprint density at radius 3 is 2.61 bits per heavy atom. The summed E-state index contributed by atoms with van der Waals surface area (Å²) in [6, 6.07) is 11.2. The first-order chi connectivity index (χ1) is 13.7. The van der Waals surface area contributed by atoms with Gasteiger partial charge in [0.25, 0.3) is 0 Å². The molecule has 0 bridgehead atoms. The molecule has 7 nitrogen and oxygen atoms in total. The molecular formula is C21H34N6O+2. The first-order valence-electron chi connectivity index (χ1n) is 10.8. The lowest BCUT2D eigenvalue weighted by Gasteiger charge is -2.35. The summed E-state index contributed by atoms with van der Waals surface area (Å²) in [5, 5.41) is 12.8. The van der Waals surface area contributed by atoms with Gasteiger partial charge in [0.15, 0.2) is 6.04 Å². The highest BCUT2D eigenvalue weighted by Gasteiger charge is 2.36. The molecule has 152 valence electrons. The lowest BCUT2D eigenvalue weighted by atomic mass is 10.0. The van der Waals surface area contributed by atoms with Crippen molar-refractivity contribution < 1.29 is 14.5 Å². The maximum atomic E-state index is 5.81. The van der Waals surface area contributed by atoms with E-state index in [-0.39, 0.29) is 6.10 Å². The summed E-state index contributed by atoms with van der Waals surface area (Å²) in [6.45, 7) is 12.1. The molecule has 1 aromatic carbocycles. The van der Waals surface area contributed by atoms with E-state index in [9.17, 15) is 0 Å². The molecule has 0 aliphatic carbocycles. The SMILES string of the molecule is CC(C)[C@@H](c1nnnn1C[C@@H]1CCCO1)[NH+]1CC[NH+](Cc2ccccc2)CC1. The predicted molar refractivity (Wildman–Crippen MR) is 106 cm³/mol. The van der Waals surface area contributed by atoms with Crippen molar-refractivity contribution in [2.75, 3.05) is 32.8 Å². The van der Waals surface area contributed by atoms with Gasteiger partial charge in [0.1, 0.15) is 32.7 Å². The van der Waals surface area contributed by atoms with Crippen LogP contribution in [-0.2, 0) is 17.8 Å². The van der Waals surface area contributed by atoms with Gasteiger partial charge in [0.2, 0.25) is 5.82 Å². The van der Waals surface area contributed by atoms with Crippen molar-refractivity contribution in [1.29, 1.82) is 0 Å². The van der Waals surface area contributed by atoms with Crippen LogP contribution < -0.4 is 9.80 Å². The highest BCUT2D eigenvalue weighted by atomic mass is 16.5. The molecule has 2 aromatic rings. The summed E-state index contributed by atoms with van der Waals surface area (Å²) >= 11 is 0. The van der Waals surface area contributed by atoms with Gasteiger partial charge in [-0.25, -0.2) is 4.68 Å². The second-order valence-corrected chi connectivity index (χ2v) is 8.65. The minimum Gasteiger partial charge on any atom is -0.376 e. The van der Waals surface area contributed by atoms with Gasteiger partial charge in [0.05, 0.1) is 12.6 Å². The molecule has 4 rings (SSSR count). The van der Waals surface area contributed by atoms with E-state index in [1.54, 1.807) is 9.80 Å². The molecule has 2 aliphatic heterocycles. The van der Waals surface area contributed by atoms with E-state index in [2.05, 4.69) is 59.7 Å². The lowest BCUT2D eigenvalue weighted by Crippen LogP contribution is -3.27. The van der Waals surface area contributed by atoms with Crippen LogP contribution in [0.25, 0.3) is 0 Å². The van der Waals surface area contributed by atoms with Crippen molar-refractivity contribution in [1.82, 2.24) is 20.2 Å². The molecule has 3 heterocycles. The molecule has 0 unspecified atom stereocenters. The zero-order valence-electron chi connectivity index (χ0n) is 17.2. The fourth-order valence-electron chi connectivity index (χ4n) is 4.79. The highest BCUT2D eigenvalue weighted by Crippen LogP contribution is 2.19. The molecule has 0 spiro atoms. The third-order valence-electron chi connectivity index (χ3n) is 6.24. The number of hydrogen-bond donors (Lipinski definition) is 2. The third kappa shape index (κ3) is 4.59. The summed E-state index contributed by atoms with van der Waals surface area (Å²) in [5.41, 5.74) is 1.43. The number of nitrogens with zero attached hydrogens (tertiary/aromatic N) is 4. The molecule has 7 heteroatoms. The smallest absolute Gasteiger partial charge is 0.209 e. The van der Waals surface area contributed by atoms with Crippen LogP contribution in [0.1, 0.15) is 44.1 Å². The number of rotatable bonds is 7. The van der Waals surface area contributed by atoms with Crippen LogP contribution in [0.3, 0.4) is 0 Å². The Bertz CT molecular complexity index is 720. The van der Waals surface area contributed by atoms with Crippen molar-refractivity contribution in [3.05, 3.63) is 41.7 Å². The first-order valence-corrected chi connectivity index (χ1v) is 10.8. The van der Waals surface area contributed by atoms with Gasteiger partial charge in [-0.1, -0.05) is 44.2 Å². The van der Waals surface area contributed by atoms with Crippen LogP contribution >= 0.6 is 0 Å². The van der Waals surface area contributed by atoms with E-state index < -0.39 is 0 Å². The van der Waals surface area contributed by atoms with Crippen LogP contribution in [0.15, 0.2) is 30.3 Å². The van der Waals surface area contributed by atoms with Crippen molar-refractivity contribution in [2.24, 2.45) is 5.92 Å². The Morgan fingerprint density at radius 2 is 1.93 bits per heavy atom. The topological polar surface area (TPSA) is 61.7 Å². The van der Waals surface area contributed by atoms with Crippen LogP contribution in [0, 0.1) is 5.92 Å². The van der Waals surface area contributed by atoms with Gasteiger partial charge in [-0.05, 0) is 23.3 Å². The van der Waals surface area contributed by atoms with Crippen molar-refractivity contribution in [3.8, 4) is 0 Å². The Labute approximate surface area is 167 Å². The van der Waals surface area contributed by atoms with Gasteiger partial charge in [0, 0.05) is 18.1 Å². The number of benzene rings is 1. The van der Waals surface area contributed by atoms with Gasteiger partial charge < -0.3 is 14.5 Å². The summed E-state index contributed by atoms with van der Waals surface area (Å²) in [4.78, 5) is 3.30. The molecule has 2 saturated heterocycles. The van der Waals surface area contributed by atoms with E-state index in [0.29, 0.717) is 12.0 Å². The molecule has 2 N–H and O–H groups in total. The van der Waals surface area contributed by atoms with Gasteiger partial charge in [-0.2, -0.15) is 0 Å². The third-order valence-corrected chi connectivity index (χ3v) is 6.24. The summed E-state index contributed by atoms with van der Waals surface area (Å²) in [7, 11) is 0. The van der Waals surface area contributed by atoms with Crippen molar-refractivity contribution in [3.63, 3.8) is 0 Å². The molecule has 2 aliphatic rings. The number of aromatic nitrogens is 4. The molecule has 2 atom stereocenters. The van der Waals surface area contributed by atoms with Crippen molar-refractivity contribution in [2.45, 2.75) is 51.9 Å². The maximum Gasteiger partial charge on any atom is 0.209 e. The second-order valence-electron chi connectivity index (χ2n) is 8.65. The summed E-state index contributed by atoms with van der Waals surface area (Å²) in [5.74, 6) is 1.53. The quantitative estimate of drug-likeness (QED) is 0.676. The average molecular weight is 387 g/mol. The Morgan fingerprint density at radius 1 is 1.14 bits per heavy atom. The second kappa shape index (κ2) is 9.11. The van der Waals surface area contributed by atoms with Gasteiger partial charge in [-0.3, -0.25) is 0 Å². The molecule has 1 aromatic heterocycles. The largest absolute Gasteiger partial charge is 0.376 e. The van der Waals surface area contributed by atoms with Crippen molar-refractivity contribution >= 4 is 0 Å². The minimum absolute atomic E-state index is 0.261. The zero-order valence-corrected chi connectivity index (χ0v) is 17.2. The fraction of sp³-hybridized carbons (Fsp3) is 0.667. The monoisotopic (exact) mass is 386 g/mol. The zero-order chi connectivity index (χ0) is 19.3. The van der Waals surface area contributed by atoms with E-state index >= 15 is 0 Å². The maximum absolute atomic E-state index is 5.81. The number of nitrogens with one attached hydrogen (secondary N) is 2. The Kier molecular flexibility index (Phi) is 6.34. The normalized spacial score (nSPS) is 26.6. The van der Waals surface area contributed by atoms with Gasteiger partial charge >= 0.3 is 0 Å². The first kappa shape index (κ1) is 19.5. The standard InChI is InChI=1S/C21H32N6O/c1-17(2)20(21-22-23-24-27(21)16-19-9-6-14-28-19)26-12-10-25(11-13-26)15-18-7-4-3-5-8-18/h3-5,7-8,17,19-20H,6,9-16H2,1-2H3/p+2/t19-,20-/m0/s1. The van der Waals surface area contributed by atoms with Crippen LogP contribution in [0.5, 0.6) is 0 Å². The van der Waals surface area contributed by atoms with E-state index in [1.165, 1.54) is 18.7 Å². The van der Waals surface area contributed by atoms with E-state index in [0.717, 1.165) is 51.5 Å². The van der Waals surface area contributed by atoms with E-state index in [1.807, 2.05) is 4.68 Å². The summed E-state index contributed by atoms with van der Waals surface area (Å²) in [6.07, 6.45) is 2.52. The fourth-order valence-corrected chi connectivity index (χ4v) is 4.79. The number of ether oxygens (including phenoxy) is 1. The number of hydrogen-bond acceptors (Lipinski definition) is 4. The molecule has 0 radical (unpaired) electrons. The number of quaternary nitrogens is 2. The van der Waals surface area contributed by atoms with E-state index in [4.69, 9.17) is 4.74 Å². The summed E-state index contributed by atoms with van der Waals surface area (Å²) < 4.78 is 7.82. The predicted octanol–water partition coefficient (Wildman–Crippen LogP) is -0.467. The van der Waals surface area contributed by atoms with Gasteiger partial charge in [-0.15, -0.1) is 5.10 Å². The number of piperazine rings is 1. The molecule has 0 saturated carbocycles. The number of tetrazole rings is 1. The molecular weight excluding hydrogens is 352 g/mol. The Balaban J connectivity index is 1.40. The average Bonchev–Trinajstić information content (AvgIpc) is 3.37. The van der Waals surface area contributed by atoms with Crippen LogP contribution in [0.2, 0.25) is 0 Å².